The third kappa shape index (κ3) is 7.49. The van der Waals surface area contributed by atoms with Crippen molar-refractivity contribution in [2.75, 3.05) is 13.6 Å². The molecule has 2 N–H and O–H groups in total. The molecule has 1 aliphatic carbocycles. The van der Waals surface area contributed by atoms with Crippen LogP contribution in [0.5, 0.6) is 0 Å². The highest BCUT2D eigenvalue weighted by Crippen LogP contribution is 2.33. The van der Waals surface area contributed by atoms with E-state index in [2.05, 4.69) is 41.6 Å². The quantitative estimate of drug-likeness (QED) is 0.303. The average Bonchev–Trinajstić information content (AvgIpc) is 3.16. The molecule has 1 saturated carbocycles. The van der Waals surface area contributed by atoms with Crippen molar-refractivity contribution in [2.24, 2.45) is 10.9 Å². The summed E-state index contributed by atoms with van der Waals surface area (Å²) in [4.78, 5) is 7.13. The van der Waals surface area contributed by atoms with E-state index in [0.717, 1.165) is 24.8 Å². The monoisotopic (exact) mass is 421 g/mol. The van der Waals surface area contributed by atoms with Crippen molar-refractivity contribution in [3.8, 4) is 0 Å². The molecule has 0 radical (unpaired) electrons. The Morgan fingerprint density at radius 3 is 2.76 bits per heavy atom. The van der Waals surface area contributed by atoms with Crippen LogP contribution in [0.15, 0.2) is 17.1 Å². The van der Waals surface area contributed by atoms with E-state index in [9.17, 15) is 0 Å². The maximum atomic E-state index is 4.30. The lowest BCUT2D eigenvalue weighted by atomic mass is 10.2. The van der Waals surface area contributed by atoms with E-state index >= 15 is 0 Å². The number of halogens is 1. The Hall–Kier alpha value is -0.300. The summed E-state index contributed by atoms with van der Waals surface area (Å²) in [5, 5.41) is 6.89. The lowest BCUT2D eigenvalue weighted by molar-refractivity contribution is 0.618. The summed E-state index contributed by atoms with van der Waals surface area (Å²) in [7, 11) is 1.85. The van der Waals surface area contributed by atoms with Crippen molar-refractivity contribution in [1.82, 2.24) is 10.6 Å². The number of hydrogen-bond donors (Lipinski definition) is 2. The van der Waals surface area contributed by atoms with Crippen LogP contribution < -0.4 is 10.6 Å². The molecule has 1 fully saturated rings. The molecule has 2 rings (SSSR count). The zero-order valence-corrected chi connectivity index (χ0v) is 16.5. The highest BCUT2D eigenvalue weighted by Gasteiger charge is 2.20. The number of nitrogens with one attached hydrogen (secondary N) is 2. The highest BCUT2D eigenvalue weighted by molar-refractivity contribution is 14.0. The molecule has 1 atom stereocenters. The number of rotatable bonds is 7. The van der Waals surface area contributed by atoms with E-state index in [1.54, 1.807) is 0 Å². The van der Waals surface area contributed by atoms with Gasteiger partial charge in [0.05, 0.1) is 0 Å². The molecule has 1 aromatic heterocycles. The molecular weight excluding hydrogens is 393 g/mol. The van der Waals surface area contributed by atoms with E-state index in [1.165, 1.54) is 35.4 Å². The minimum absolute atomic E-state index is 0. The summed E-state index contributed by atoms with van der Waals surface area (Å²) in [5.41, 5.74) is 0. The summed E-state index contributed by atoms with van der Waals surface area (Å²) in [6, 6.07) is 4.82. The van der Waals surface area contributed by atoms with Gasteiger partial charge in [-0.1, -0.05) is 12.8 Å². The Labute approximate surface area is 150 Å². The Morgan fingerprint density at radius 2 is 2.19 bits per heavy atom. The maximum Gasteiger partial charge on any atom is 0.191 e. The van der Waals surface area contributed by atoms with Gasteiger partial charge in [-0.25, -0.2) is 0 Å². The molecule has 0 aromatic carbocycles. The van der Waals surface area contributed by atoms with E-state index < -0.39 is 0 Å². The van der Waals surface area contributed by atoms with Crippen LogP contribution in [-0.4, -0.2) is 25.6 Å². The van der Waals surface area contributed by atoms with Gasteiger partial charge in [0.25, 0.3) is 0 Å². The molecular formula is C16H28IN3S. The summed E-state index contributed by atoms with van der Waals surface area (Å²) >= 11 is 1.88. The van der Waals surface area contributed by atoms with Crippen molar-refractivity contribution in [2.45, 2.75) is 52.0 Å². The van der Waals surface area contributed by atoms with Gasteiger partial charge in [-0.2, -0.15) is 0 Å². The predicted octanol–water partition coefficient (Wildman–Crippen LogP) is 3.96. The Kier molecular flexibility index (Phi) is 8.63. The molecule has 21 heavy (non-hydrogen) atoms. The van der Waals surface area contributed by atoms with Gasteiger partial charge in [0, 0.05) is 35.8 Å². The van der Waals surface area contributed by atoms with Crippen molar-refractivity contribution in [1.29, 1.82) is 0 Å². The second-order valence-electron chi connectivity index (χ2n) is 5.85. The fraction of sp³-hybridized carbons (Fsp3) is 0.688. The van der Waals surface area contributed by atoms with Crippen LogP contribution in [0.2, 0.25) is 0 Å². The Morgan fingerprint density at radius 1 is 1.43 bits per heavy atom. The van der Waals surface area contributed by atoms with Crippen molar-refractivity contribution in [3.05, 3.63) is 21.9 Å². The first-order valence-corrected chi connectivity index (χ1v) is 8.51. The number of guanidine groups is 1. The van der Waals surface area contributed by atoms with Crippen molar-refractivity contribution in [3.63, 3.8) is 0 Å². The first kappa shape index (κ1) is 18.7. The van der Waals surface area contributed by atoms with Crippen molar-refractivity contribution >= 4 is 41.3 Å². The second kappa shape index (κ2) is 9.66. The predicted molar refractivity (Wildman–Crippen MR) is 104 cm³/mol. The van der Waals surface area contributed by atoms with Gasteiger partial charge in [-0.05, 0) is 44.7 Å². The molecule has 1 aromatic rings. The summed E-state index contributed by atoms with van der Waals surface area (Å²) in [5.74, 6) is 1.95. The van der Waals surface area contributed by atoms with Crippen LogP contribution in [0.4, 0.5) is 0 Å². The molecule has 1 unspecified atom stereocenters. The topological polar surface area (TPSA) is 36.4 Å². The molecule has 1 aliphatic rings. The normalized spacial score (nSPS) is 16.2. The van der Waals surface area contributed by atoms with Crippen LogP contribution in [0, 0.1) is 12.8 Å². The molecule has 5 heteroatoms. The Bertz CT molecular complexity index is 440. The van der Waals surface area contributed by atoms with E-state index in [0.29, 0.717) is 6.04 Å². The van der Waals surface area contributed by atoms with Crippen LogP contribution in [0.3, 0.4) is 0 Å². The zero-order chi connectivity index (χ0) is 14.4. The smallest absolute Gasteiger partial charge is 0.191 e. The lowest BCUT2D eigenvalue weighted by Gasteiger charge is -2.17. The molecule has 0 saturated heterocycles. The highest BCUT2D eigenvalue weighted by atomic mass is 127. The first-order chi connectivity index (χ1) is 9.67. The zero-order valence-electron chi connectivity index (χ0n) is 13.3. The summed E-state index contributed by atoms with van der Waals surface area (Å²) in [6.45, 7) is 5.40. The lowest BCUT2D eigenvalue weighted by Crippen LogP contribution is -2.43. The van der Waals surface area contributed by atoms with Gasteiger partial charge in [-0.3, -0.25) is 4.99 Å². The van der Waals surface area contributed by atoms with Crippen LogP contribution in [0.1, 0.15) is 42.4 Å². The SMILES string of the molecule is CN=C(NCCCC1CC1)NC(C)Cc1ccc(C)s1.I. The molecule has 1 heterocycles. The molecule has 0 spiro atoms. The van der Waals surface area contributed by atoms with Gasteiger partial charge < -0.3 is 10.6 Å². The van der Waals surface area contributed by atoms with Crippen LogP contribution in [-0.2, 0) is 6.42 Å². The minimum Gasteiger partial charge on any atom is -0.356 e. The molecule has 0 aliphatic heterocycles. The molecule has 120 valence electrons. The van der Waals surface area contributed by atoms with Crippen LogP contribution in [0.25, 0.3) is 0 Å². The number of aryl methyl sites for hydroxylation is 1. The largest absolute Gasteiger partial charge is 0.356 e. The van der Waals surface area contributed by atoms with Gasteiger partial charge in [0.2, 0.25) is 0 Å². The van der Waals surface area contributed by atoms with Gasteiger partial charge in [0.1, 0.15) is 0 Å². The minimum atomic E-state index is 0. The fourth-order valence-corrected chi connectivity index (χ4v) is 3.40. The molecule has 0 bridgehead atoms. The number of nitrogens with zero attached hydrogens (tertiary/aromatic N) is 1. The molecule has 0 amide bonds. The van der Waals surface area contributed by atoms with Crippen LogP contribution >= 0.6 is 35.3 Å². The average molecular weight is 421 g/mol. The third-order valence-electron chi connectivity index (χ3n) is 3.69. The van der Waals surface area contributed by atoms with E-state index in [1.807, 2.05) is 18.4 Å². The van der Waals surface area contributed by atoms with Crippen molar-refractivity contribution < 1.29 is 0 Å². The second-order valence-corrected chi connectivity index (χ2v) is 7.22. The fourth-order valence-electron chi connectivity index (χ4n) is 2.38. The molecule has 3 nitrogen and oxygen atoms in total. The maximum absolute atomic E-state index is 4.30. The number of thiophene rings is 1. The van der Waals surface area contributed by atoms with Gasteiger partial charge in [0.15, 0.2) is 5.96 Å². The van der Waals surface area contributed by atoms with E-state index in [4.69, 9.17) is 0 Å². The third-order valence-corrected chi connectivity index (χ3v) is 4.71. The van der Waals surface area contributed by atoms with Gasteiger partial charge >= 0.3 is 0 Å². The van der Waals surface area contributed by atoms with E-state index in [-0.39, 0.29) is 24.0 Å². The Balaban J connectivity index is 0.00000220. The number of aliphatic imine (C=N–C) groups is 1. The first-order valence-electron chi connectivity index (χ1n) is 7.70. The van der Waals surface area contributed by atoms with Gasteiger partial charge in [-0.15, -0.1) is 35.3 Å². The summed E-state index contributed by atoms with van der Waals surface area (Å²) in [6.07, 6.45) is 6.58. The number of hydrogen-bond acceptors (Lipinski definition) is 2. The summed E-state index contributed by atoms with van der Waals surface area (Å²) < 4.78 is 0. The standard InChI is InChI=1S/C16H27N3S.HI/c1-12(11-15-9-6-13(2)20-15)19-16(17-3)18-10-4-5-14-7-8-14;/h6,9,12,14H,4-5,7-8,10-11H2,1-3H3,(H2,17,18,19);1H.